The first-order valence-corrected chi connectivity index (χ1v) is 7.66. The molecule has 0 fully saturated rings. The van der Waals surface area contributed by atoms with Gasteiger partial charge in [-0.1, -0.05) is 37.3 Å². The Morgan fingerprint density at radius 3 is 2.24 bits per heavy atom. The molecule has 1 atom stereocenters. The Hall–Kier alpha value is -2.09. The Balaban J connectivity index is 2.08. The van der Waals surface area contributed by atoms with E-state index in [1.807, 2.05) is 42.5 Å². The van der Waals surface area contributed by atoms with Crippen molar-refractivity contribution in [2.45, 2.75) is 26.7 Å². The molecule has 0 aliphatic carbocycles. The molecule has 2 nitrogen and oxygen atoms in total. The number of ketones is 1. The number of carbonyl (C=O) groups is 1. The number of hydrogen-bond donors (Lipinski definition) is 1. The highest BCUT2D eigenvalue weighted by atomic mass is 16.1. The van der Waals surface area contributed by atoms with E-state index in [9.17, 15) is 4.79 Å². The fourth-order valence-corrected chi connectivity index (χ4v) is 2.51. The Morgan fingerprint density at radius 2 is 1.67 bits per heavy atom. The predicted molar refractivity (Wildman–Crippen MR) is 88.9 cm³/mol. The maximum Gasteiger partial charge on any atom is 0.166 e. The molecule has 0 saturated heterocycles. The van der Waals surface area contributed by atoms with E-state index in [1.54, 1.807) is 0 Å². The van der Waals surface area contributed by atoms with Gasteiger partial charge in [0.15, 0.2) is 5.78 Å². The van der Waals surface area contributed by atoms with E-state index in [0.717, 1.165) is 30.6 Å². The maximum atomic E-state index is 12.6. The van der Waals surface area contributed by atoms with Gasteiger partial charge >= 0.3 is 0 Å². The van der Waals surface area contributed by atoms with Crippen LogP contribution in [0.4, 0.5) is 5.69 Å². The number of rotatable bonds is 7. The topological polar surface area (TPSA) is 29.1 Å². The molecule has 0 amide bonds. The van der Waals surface area contributed by atoms with Crippen molar-refractivity contribution in [2.75, 3.05) is 11.9 Å². The highest BCUT2D eigenvalue weighted by Crippen LogP contribution is 2.19. The smallest absolute Gasteiger partial charge is 0.166 e. The summed E-state index contributed by atoms with van der Waals surface area (Å²) < 4.78 is 0. The third-order valence-electron chi connectivity index (χ3n) is 3.74. The van der Waals surface area contributed by atoms with Crippen molar-refractivity contribution in [1.82, 2.24) is 0 Å². The predicted octanol–water partition coefficient (Wildman–Crippen LogP) is 4.57. The summed E-state index contributed by atoms with van der Waals surface area (Å²) in [5.74, 6) is 0.293. The van der Waals surface area contributed by atoms with Crippen LogP contribution in [0.2, 0.25) is 0 Å². The first-order chi connectivity index (χ1) is 10.2. The second-order valence-electron chi connectivity index (χ2n) is 5.27. The summed E-state index contributed by atoms with van der Waals surface area (Å²) in [6.45, 7) is 5.03. The molecule has 0 radical (unpaired) electrons. The average Bonchev–Trinajstić information content (AvgIpc) is 2.54. The molecule has 2 heteroatoms. The van der Waals surface area contributed by atoms with Crippen LogP contribution < -0.4 is 5.32 Å². The average molecular weight is 281 g/mol. The summed E-state index contributed by atoms with van der Waals surface area (Å²) in [5, 5.41) is 3.25. The zero-order valence-corrected chi connectivity index (χ0v) is 12.8. The fraction of sp³-hybridized carbons (Fsp3) is 0.316. The van der Waals surface area contributed by atoms with Gasteiger partial charge in [0.25, 0.3) is 0 Å². The molecular weight excluding hydrogens is 258 g/mol. The van der Waals surface area contributed by atoms with Crippen LogP contribution in [0.1, 0.15) is 36.2 Å². The highest BCUT2D eigenvalue weighted by molar-refractivity contribution is 5.98. The zero-order chi connectivity index (χ0) is 15.1. The standard InChI is InChI=1S/C19H23NO/c1-3-16(14-15-8-6-5-7-9-15)19(21)17-10-12-18(13-11-17)20-4-2/h5-13,16,20H,3-4,14H2,1-2H3. The largest absolute Gasteiger partial charge is 0.385 e. The minimum absolute atomic E-state index is 0.0531. The highest BCUT2D eigenvalue weighted by Gasteiger charge is 2.18. The molecular formula is C19H23NO. The molecule has 0 aromatic heterocycles. The molecule has 0 spiro atoms. The van der Waals surface area contributed by atoms with E-state index >= 15 is 0 Å². The van der Waals surface area contributed by atoms with Crippen molar-refractivity contribution in [3.8, 4) is 0 Å². The first kappa shape index (κ1) is 15.3. The van der Waals surface area contributed by atoms with Crippen molar-refractivity contribution in [3.63, 3.8) is 0 Å². The molecule has 0 aliphatic heterocycles. The number of nitrogens with one attached hydrogen (secondary N) is 1. The second kappa shape index (κ2) is 7.63. The fourth-order valence-electron chi connectivity index (χ4n) is 2.51. The Morgan fingerprint density at radius 1 is 1.00 bits per heavy atom. The monoisotopic (exact) mass is 281 g/mol. The molecule has 2 aromatic rings. The molecule has 110 valence electrons. The van der Waals surface area contributed by atoms with Gasteiger partial charge in [-0.3, -0.25) is 4.79 Å². The normalized spacial score (nSPS) is 11.9. The van der Waals surface area contributed by atoms with E-state index in [2.05, 4.69) is 31.3 Å². The molecule has 1 unspecified atom stereocenters. The Labute approximate surface area is 127 Å². The third kappa shape index (κ3) is 4.19. The van der Waals surface area contributed by atoms with Crippen molar-refractivity contribution < 1.29 is 4.79 Å². The van der Waals surface area contributed by atoms with E-state index in [4.69, 9.17) is 0 Å². The van der Waals surface area contributed by atoms with Gasteiger partial charge in [0.2, 0.25) is 0 Å². The minimum atomic E-state index is 0.0531. The van der Waals surface area contributed by atoms with Crippen LogP contribution in [0, 0.1) is 5.92 Å². The van der Waals surface area contributed by atoms with Gasteiger partial charge < -0.3 is 5.32 Å². The lowest BCUT2D eigenvalue weighted by Gasteiger charge is -2.14. The van der Waals surface area contributed by atoms with Gasteiger partial charge in [-0.15, -0.1) is 0 Å². The van der Waals surface area contributed by atoms with Crippen LogP contribution in [-0.4, -0.2) is 12.3 Å². The maximum absolute atomic E-state index is 12.6. The molecule has 21 heavy (non-hydrogen) atoms. The summed E-state index contributed by atoms with van der Waals surface area (Å²) >= 11 is 0. The third-order valence-corrected chi connectivity index (χ3v) is 3.74. The zero-order valence-electron chi connectivity index (χ0n) is 12.8. The lowest BCUT2D eigenvalue weighted by molar-refractivity contribution is 0.0916. The van der Waals surface area contributed by atoms with E-state index in [1.165, 1.54) is 5.56 Å². The number of hydrogen-bond acceptors (Lipinski definition) is 2. The van der Waals surface area contributed by atoms with Crippen molar-refractivity contribution in [2.24, 2.45) is 5.92 Å². The molecule has 0 saturated carbocycles. The summed E-state index contributed by atoms with van der Waals surface area (Å²) in [4.78, 5) is 12.6. The van der Waals surface area contributed by atoms with Crippen LogP contribution in [0.5, 0.6) is 0 Å². The summed E-state index contributed by atoms with van der Waals surface area (Å²) in [6, 6.07) is 18.0. The van der Waals surface area contributed by atoms with Gasteiger partial charge in [-0.25, -0.2) is 0 Å². The lowest BCUT2D eigenvalue weighted by atomic mass is 9.89. The van der Waals surface area contributed by atoms with Crippen LogP contribution in [-0.2, 0) is 6.42 Å². The molecule has 0 heterocycles. The van der Waals surface area contributed by atoms with Gasteiger partial charge in [0, 0.05) is 23.7 Å². The van der Waals surface area contributed by atoms with E-state index < -0.39 is 0 Å². The Bertz CT molecular complexity index is 560. The summed E-state index contributed by atoms with van der Waals surface area (Å²) in [5.41, 5.74) is 3.09. The number of anilines is 1. The lowest BCUT2D eigenvalue weighted by Crippen LogP contribution is -2.16. The van der Waals surface area contributed by atoms with Gasteiger partial charge in [0.05, 0.1) is 0 Å². The SMILES string of the molecule is CCNc1ccc(C(=O)C(CC)Cc2ccccc2)cc1. The van der Waals surface area contributed by atoms with Gasteiger partial charge in [0.1, 0.15) is 0 Å². The number of benzene rings is 2. The van der Waals surface area contributed by atoms with Crippen molar-refractivity contribution in [1.29, 1.82) is 0 Å². The number of Topliss-reactive ketones (excluding diaryl/α,β-unsaturated/α-hetero) is 1. The minimum Gasteiger partial charge on any atom is -0.385 e. The molecule has 0 aliphatic rings. The molecule has 2 aromatic carbocycles. The first-order valence-electron chi connectivity index (χ1n) is 7.66. The summed E-state index contributed by atoms with van der Waals surface area (Å²) in [7, 11) is 0. The van der Waals surface area contributed by atoms with Crippen LogP contribution >= 0.6 is 0 Å². The van der Waals surface area contributed by atoms with Crippen molar-refractivity contribution in [3.05, 3.63) is 65.7 Å². The van der Waals surface area contributed by atoms with Gasteiger partial charge in [-0.2, -0.15) is 0 Å². The van der Waals surface area contributed by atoms with Crippen molar-refractivity contribution >= 4 is 11.5 Å². The van der Waals surface area contributed by atoms with E-state index in [-0.39, 0.29) is 11.7 Å². The van der Waals surface area contributed by atoms with E-state index in [0.29, 0.717) is 0 Å². The molecule has 1 N–H and O–H groups in total. The van der Waals surface area contributed by atoms with Crippen LogP contribution in [0.3, 0.4) is 0 Å². The second-order valence-corrected chi connectivity index (χ2v) is 5.27. The molecule has 0 bridgehead atoms. The number of carbonyl (C=O) groups excluding carboxylic acids is 1. The van der Waals surface area contributed by atoms with Crippen LogP contribution in [0.15, 0.2) is 54.6 Å². The van der Waals surface area contributed by atoms with Gasteiger partial charge in [-0.05, 0) is 49.6 Å². The quantitative estimate of drug-likeness (QED) is 0.753. The molecule has 2 rings (SSSR count). The van der Waals surface area contributed by atoms with Crippen LogP contribution in [0.25, 0.3) is 0 Å². The summed E-state index contributed by atoms with van der Waals surface area (Å²) in [6.07, 6.45) is 1.67. The Kier molecular flexibility index (Phi) is 5.56.